The van der Waals surface area contributed by atoms with Gasteiger partial charge in [0.05, 0.1) is 11.5 Å². The molecule has 0 spiro atoms. The third-order valence-electron chi connectivity index (χ3n) is 2.36. The third-order valence-corrected chi connectivity index (χ3v) is 3.10. The topological polar surface area (TPSA) is 84.3 Å². The summed E-state index contributed by atoms with van der Waals surface area (Å²) in [5.41, 5.74) is 0.637. The first-order valence-electron chi connectivity index (χ1n) is 6.13. The number of carbonyl (C=O) groups excluding carboxylic acids is 1. The molecule has 7 heteroatoms. The normalized spacial score (nSPS) is 11.2. The number of hydrogen-bond donors (Lipinski definition) is 2. The molecule has 0 unspecified atom stereocenters. The van der Waals surface area contributed by atoms with Crippen LogP contribution in [0.4, 0.5) is 5.69 Å². The number of carbonyl (C=O) groups is 1. The highest BCUT2D eigenvalue weighted by molar-refractivity contribution is 9.10. The lowest BCUT2D eigenvalue weighted by Crippen LogP contribution is -2.44. The Morgan fingerprint density at radius 2 is 2.05 bits per heavy atom. The SMILES string of the molecule is CC(C)(C)NC(=O)CNCc1ccc([N+](=O)[O-])cc1Br. The number of benzene rings is 1. The Hall–Kier alpha value is -1.47. The van der Waals surface area contributed by atoms with Crippen molar-refractivity contribution >= 4 is 27.5 Å². The third kappa shape index (κ3) is 5.66. The van der Waals surface area contributed by atoms with E-state index in [-0.39, 0.29) is 23.7 Å². The average molecular weight is 344 g/mol. The monoisotopic (exact) mass is 343 g/mol. The summed E-state index contributed by atoms with van der Waals surface area (Å²) in [5.74, 6) is -0.0875. The molecular formula is C13H18BrN3O3. The maximum Gasteiger partial charge on any atom is 0.270 e. The van der Waals surface area contributed by atoms with Crippen LogP contribution in [0.25, 0.3) is 0 Å². The van der Waals surface area contributed by atoms with Crippen molar-refractivity contribution in [3.05, 3.63) is 38.3 Å². The quantitative estimate of drug-likeness (QED) is 0.634. The zero-order valence-electron chi connectivity index (χ0n) is 11.7. The van der Waals surface area contributed by atoms with Crippen LogP contribution < -0.4 is 10.6 Å². The summed E-state index contributed by atoms with van der Waals surface area (Å²) in [6.45, 7) is 6.39. The van der Waals surface area contributed by atoms with Crippen molar-refractivity contribution < 1.29 is 9.72 Å². The summed E-state index contributed by atoms with van der Waals surface area (Å²) in [7, 11) is 0. The molecule has 1 aromatic carbocycles. The molecule has 0 fully saturated rings. The molecule has 0 heterocycles. The number of hydrogen-bond acceptors (Lipinski definition) is 4. The number of nitro benzene ring substituents is 1. The fourth-order valence-corrected chi connectivity index (χ4v) is 2.07. The lowest BCUT2D eigenvalue weighted by Gasteiger charge is -2.20. The number of halogens is 1. The first kappa shape index (κ1) is 16.6. The van der Waals surface area contributed by atoms with Crippen molar-refractivity contribution in [2.45, 2.75) is 32.9 Å². The standard InChI is InChI=1S/C13H18BrN3O3/c1-13(2,3)16-12(18)8-15-7-9-4-5-10(17(19)20)6-11(9)14/h4-6,15H,7-8H2,1-3H3,(H,16,18). The van der Waals surface area contributed by atoms with E-state index >= 15 is 0 Å². The molecule has 0 atom stereocenters. The molecule has 0 radical (unpaired) electrons. The highest BCUT2D eigenvalue weighted by atomic mass is 79.9. The predicted octanol–water partition coefficient (Wildman–Crippen LogP) is 2.36. The summed E-state index contributed by atoms with van der Waals surface area (Å²) >= 11 is 3.29. The van der Waals surface area contributed by atoms with Crippen LogP contribution in [0.3, 0.4) is 0 Å². The second-order valence-electron chi connectivity index (χ2n) is 5.43. The Bertz CT molecular complexity index is 512. The molecule has 110 valence electrons. The molecular weight excluding hydrogens is 326 g/mol. The molecule has 0 bridgehead atoms. The van der Waals surface area contributed by atoms with Gasteiger partial charge in [0.15, 0.2) is 0 Å². The minimum Gasteiger partial charge on any atom is -0.350 e. The van der Waals surface area contributed by atoms with E-state index in [9.17, 15) is 14.9 Å². The Morgan fingerprint density at radius 1 is 1.40 bits per heavy atom. The molecule has 0 aliphatic heterocycles. The van der Waals surface area contributed by atoms with E-state index < -0.39 is 4.92 Å². The first-order chi connectivity index (χ1) is 9.19. The predicted molar refractivity (Wildman–Crippen MR) is 80.4 cm³/mol. The van der Waals surface area contributed by atoms with E-state index in [1.807, 2.05) is 20.8 Å². The number of non-ortho nitro benzene ring substituents is 1. The number of rotatable bonds is 5. The minimum absolute atomic E-state index is 0.0334. The maximum absolute atomic E-state index is 11.6. The largest absolute Gasteiger partial charge is 0.350 e. The fraction of sp³-hybridized carbons (Fsp3) is 0.462. The van der Waals surface area contributed by atoms with E-state index in [0.717, 1.165) is 5.56 Å². The lowest BCUT2D eigenvalue weighted by molar-refractivity contribution is -0.384. The van der Waals surface area contributed by atoms with Crippen LogP contribution in [0.5, 0.6) is 0 Å². The number of nitrogens with zero attached hydrogens (tertiary/aromatic N) is 1. The maximum atomic E-state index is 11.6. The van der Waals surface area contributed by atoms with Crippen LogP contribution in [0.2, 0.25) is 0 Å². The zero-order valence-corrected chi connectivity index (χ0v) is 13.3. The molecule has 0 aliphatic rings. The Kier molecular flexibility index (Phi) is 5.64. The van der Waals surface area contributed by atoms with Gasteiger partial charge in [0.1, 0.15) is 0 Å². The molecule has 0 saturated heterocycles. The van der Waals surface area contributed by atoms with Gasteiger partial charge in [0.25, 0.3) is 5.69 Å². The van der Waals surface area contributed by atoms with Crippen LogP contribution >= 0.6 is 15.9 Å². The smallest absolute Gasteiger partial charge is 0.270 e. The van der Waals surface area contributed by atoms with Crippen LogP contribution in [-0.4, -0.2) is 22.9 Å². The van der Waals surface area contributed by atoms with Gasteiger partial charge in [-0.1, -0.05) is 15.9 Å². The number of nitro groups is 1. The van der Waals surface area contributed by atoms with Gasteiger partial charge in [-0.15, -0.1) is 0 Å². The number of nitrogens with one attached hydrogen (secondary N) is 2. The summed E-state index contributed by atoms with van der Waals surface area (Å²) in [6, 6.07) is 4.56. The minimum atomic E-state index is -0.446. The first-order valence-corrected chi connectivity index (χ1v) is 6.93. The summed E-state index contributed by atoms with van der Waals surface area (Å²) < 4.78 is 0.649. The van der Waals surface area contributed by atoms with Crippen LogP contribution in [0.1, 0.15) is 26.3 Å². The van der Waals surface area contributed by atoms with Gasteiger partial charge < -0.3 is 10.6 Å². The molecule has 1 aromatic rings. The van der Waals surface area contributed by atoms with Gasteiger partial charge in [-0.25, -0.2) is 0 Å². The molecule has 0 aromatic heterocycles. The molecule has 1 amide bonds. The van der Waals surface area contributed by atoms with Crippen LogP contribution in [0, 0.1) is 10.1 Å². The van der Waals surface area contributed by atoms with E-state index in [2.05, 4.69) is 26.6 Å². The van der Waals surface area contributed by atoms with Gasteiger partial charge in [-0.3, -0.25) is 14.9 Å². The summed E-state index contributed by atoms with van der Waals surface area (Å²) in [5, 5.41) is 16.5. The van der Waals surface area contributed by atoms with Gasteiger partial charge >= 0.3 is 0 Å². The van der Waals surface area contributed by atoms with Crippen molar-refractivity contribution in [2.24, 2.45) is 0 Å². The molecule has 6 nitrogen and oxygen atoms in total. The number of amides is 1. The van der Waals surface area contributed by atoms with E-state index in [1.54, 1.807) is 6.07 Å². The second-order valence-corrected chi connectivity index (χ2v) is 6.29. The fourth-order valence-electron chi connectivity index (χ4n) is 1.57. The molecule has 2 N–H and O–H groups in total. The van der Waals surface area contributed by atoms with Gasteiger partial charge in [-0.2, -0.15) is 0 Å². The summed E-state index contributed by atoms with van der Waals surface area (Å²) in [4.78, 5) is 21.8. The van der Waals surface area contributed by atoms with Crippen molar-refractivity contribution in [1.29, 1.82) is 0 Å². The van der Waals surface area contributed by atoms with Crippen molar-refractivity contribution in [2.75, 3.05) is 6.54 Å². The van der Waals surface area contributed by atoms with Crippen LogP contribution in [-0.2, 0) is 11.3 Å². The highest BCUT2D eigenvalue weighted by Gasteiger charge is 2.13. The highest BCUT2D eigenvalue weighted by Crippen LogP contribution is 2.22. The van der Waals surface area contributed by atoms with E-state index in [1.165, 1.54) is 12.1 Å². The zero-order chi connectivity index (χ0) is 15.3. The Balaban J connectivity index is 2.51. The second kappa shape index (κ2) is 6.81. The molecule has 0 aliphatic carbocycles. The van der Waals surface area contributed by atoms with Gasteiger partial charge in [-0.05, 0) is 32.4 Å². The van der Waals surface area contributed by atoms with Gasteiger partial charge in [0, 0.05) is 28.7 Å². The van der Waals surface area contributed by atoms with Gasteiger partial charge in [0.2, 0.25) is 5.91 Å². The van der Waals surface area contributed by atoms with Crippen molar-refractivity contribution in [3.63, 3.8) is 0 Å². The molecule has 1 rings (SSSR count). The summed E-state index contributed by atoms with van der Waals surface area (Å²) in [6.07, 6.45) is 0. The lowest BCUT2D eigenvalue weighted by atomic mass is 10.1. The molecule has 0 saturated carbocycles. The van der Waals surface area contributed by atoms with Crippen LogP contribution in [0.15, 0.2) is 22.7 Å². The van der Waals surface area contributed by atoms with E-state index in [0.29, 0.717) is 11.0 Å². The van der Waals surface area contributed by atoms with Crippen molar-refractivity contribution in [3.8, 4) is 0 Å². The van der Waals surface area contributed by atoms with E-state index in [4.69, 9.17) is 0 Å². The Morgan fingerprint density at radius 3 is 2.55 bits per heavy atom. The Labute approximate surface area is 126 Å². The average Bonchev–Trinajstić information content (AvgIpc) is 2.28. The molecule has 20 heavy (non-hydrogen) atoms. The van der Waals surface area contributed by atoms with Crippen molar-refractivity contribution in [1.82, 2.24) is 10.6 Å².